The van der Waals surface area contributed by atoms with Crippen molar-refractivity contribution in [2.24, 2.45) is 0 Å². The van der Waals surface area contributed by atoms with E-state index in [4.69, 9.17) is 0 Å². The molecule has 58 valence electrons. The minimum Gasteiger partial charge on any atom is -0.234 e. The first-order valence-corrected chi connectivity index (χ1v) is 2.73. The average Bonchev–Trinajstić information content (AvgIpc) is 1.81. The molecule has 0 rings (SSSR count). The summed E-state index contributed by atoms with van der Waals surface area (Å²) in [5.74, 6) is 1.40. The Hall–Kier alpha value is -0.760. The van der Waals surface area contributed by atoms with Crippen molar-refractivity contribution in [2.75, 3.05) is 0 Å². The van der Waals surface area contributed by atoms with Gasteiger partial charge in [0.25, 0.3) is 0 Å². The van der Waals surface area contributed by atoms with Gasteiger partial charge in [-0.1, -0.05) is 0 Å². The highest BCUT2D eigenvalue weighted by molar-refractivity contribution is 5.50. The molecule has 0 fully saturated rings. The lowest BCUT2D eigenvalue weighted by Gasteiger charge is -2.02. The average molecular weight is 152 g/mol. The monoisotopic (exact) mass is 152 g/mol. The van der Waals surface area contributed by atoms with Gasteiger partial charge in [0.1, 0.15) is 5.94 Å². The van der Waals surface area contributed by atoms with Crippen LogP contribution in [0.15, 0.2) is 5.57 Å². The van der Waals surface area contributed by atoms with Crippen LogP contribution in [0.5, 0.6) is 0 Å². The zero-order valence-corrected chi connectivity index (χ0v) is 5.46. The van der Waals surface area contributed by atoms with Crippen molar-refractivity contribution in [1.29, 1.82) is 0 Å². The first-order valence-electron chi connectivity index (χ1n) is 2.73. The first kappa shape index (κ1) is 9.24. The van der Waals surface area contributed by atoms with Crippen molar-refractivity contribution in [3.8, 4) is 0 Å². The second-order valence-electron chi connectivity index (χ2n) is 2.00. The Morgan fingerprint density at radius 2 is 2.00 bits per heavy atom. The molecular formula is C6H7F3O. The highest BCUT2D eigenvalue weighted by atomic mass is 19.4. The van der Waals surface area contributed by atoms with Crippen LogP contribution in [0.2, 0.25) is 0 Å². The van der Waals surface area contributed by atoms with Gasteiger partial charge in [-0.15, -0.1) is 0 Å². The minimum atomic E-state index is -4.17. The van der Waals surface area contributed by atoms with Gasteiger partial charge in [0.2, 0.25) is 0 Å². The van der Waals surface area contributed by atoms with Crippen LogP contribution in [-0.2, 0) is 4.79 Å². The van der Waals surface area contributed by atoms with E-state index in [1.807, 2.05) is 0 Å². The summed E-state index contributed by atoms with van der Waals surface area (Å²) in [6.07, 6.45) is -5.35. The Kier molecular flexibility index (Phi) is 3.16. The zero-order valence-electron chi connectivity index (χ0n) is 5.46. The molecule has 0 saturated heterocycles. The second-order valence-corrected chi connectivity index (χ2v) is 2.00. The smallest absolute Gasteiger partial charge is 0.234 e. The summed E-state index contributed by atoms with van der Waals surface area (Å²) in [7, 11) is 0. The summed E-state index contributed by atoms with van der Waals surface area (Å²) >= 11 is 0. The third-order valence-corrected chi connectivity index (χ3v) is 0.958. The number of carbonyl (C=O) groups excluding carboxylic acids is 1. The van der Waals surface area contributed by atoms with Gasteiger partial charge in [-0.05, 0) is 13.3 Å². The van der Waals surface area contributed by atoms with Crippen LogP contribution in [0, 0.1) is 0 Å². The molecule has 0 amide bonds. The summed E-state index contributed by atoms with van der Waals surface area (Å²) in [6, 6.07) is 0. The van der Waals surface area contributed by atoms with Gasteiger partial charge >= 0.3 is 6.18 Å². The van der Waals surface area contributed by atoms with Crippen molar-refractivity contribution < 1.29 is 18.0 Å². The molecule has 0 aromatic carbocycles. The fourth-order valence-corrected chi connectivity index (χ4v) is 0.380. The molecule has 0 saturated carbocycles. The molecule has 0 aromatic heterocycles. The van der Waals surface area contributed by atoms with Gasteiger partial charge in [0.15, 0.2) is 0 Å². The van der Waals surface area contributed by atoms with Crippen LogP contribution in [0.1, 0.15) is 19.8 Å². The Morgan fingerprint density at radius 1 is 1.50 bits per heavy atom. The SMILES string of the molecule is CC(=C=O)CCC(F)(F)F. The normalized spacial score (nSPS) is 10.8. The van der Waals surface area contributed by atoms with Crippen molar-refractivity contribution in [1.82, 2.24) is 0 Å². The van der Waals surface area contributed by atoms with Crippen LogP contribution in [0.4, 0.5) is 13.2 Å². The Labute approximate surface area is 56.5 Å². The van der Waals surface area contributed by atoms with E-state index in [0.29, 0.717) is 0 Å². The lowest BCUT2D eigenvalue weighted by molar-refractivity contribution is -0.133. The third kappa shape index (κ3) is 5.38. The van der Waals surface area contributed by atoms with E-state index in [-0.39, 0.29) is 12.0 Å². The quantitative estimate of drug-likeness (QED) is 0.554. The standard InChI is InChI=1S/C6H7F3O/c1-5(4-10)2-3-6(7,8)9/h2-3H2,1H3. The number of hydrogen-bond donors (Lipinski definition) is 0. The summed E-state index contributed by atoms with van der Waals surface area (Å²) in [4.78, 5) is 9.69. The lowest BCUT2D eigenvalue weighted by Crippen LogP contribution is -2.06. The summed E-state index contributed by atoms with van der Waals surface area (Å²) in [5.41, 5.74) is 0.109. The highest BCUT2D eigenvalue weighted by Crippen LogP contribution is 2.22. The second kappa shape index (κ2) is 3.42. The van der Waals surface area contributed by atoms with Crippen LogP contribution in [0.3, 0.4) is 0 Å². The van der Waals surface area contributed by atoms with Gasteiger partial charge in [-0.3, -0.25) is 0 Å². The maximum Gasteiger partial charge on any atom is 0.389 e. The van der Waals surface area contributed by atoms with Gasteiger partial charge in [-0.25, -0.2) is 4.79 Å². The van der Waals surface area contributed by atoms with Gasteiger partial charge in [-0.2, -0.15) is 13.2 Å². The van der Waals surface area contributed by atoms with Crippen LogP contribution >= 0.6 is 0 Å². The maximum absolute atomic E-state index is 11.4. The zero-order chi connectivity index (χ0) is 8.20. The molecular weight excluding hydrogens is 145 g/mol. The van der Waals surface area contributed by atoms with E-state index in [0.717, 1.165) is 0 Å². The van der Waals surface area contributed by atoms with E-state index >= 15 is 0 Å². The van der Waals surface area contributed by atoms with Crippen LogP contribution in [0.25, 0.3) is 0 Å². The molecule has 0 radical (unpaired) electrons. The fraction of sp³-hybridized carbons (Fsp3) is 0.667. The summed E-state index contributed by atoms with van der Waals surface area (Å²) in [6.45, 7) is 1.33. The van der Waals surface area contributed by atoms with Crippen LogP contribution < -0.4 is 0 Å². The molecule has 10 heavy (non-hydrogen) atoms. The van der Waals surface area contributed by atoms with Gasteiger partial charge in [0, 0.05) is 12.0 Å². The van der Waals surface area contributed by atoms with Crippen molar-refractivity contribution in [3.63, 3.8) is 0 Å². The molecule has 1 nitrogen and oxygen atoms in total. The number of halogens is 3. The molecule has 0 aliphatic rings. The Bertz CT molecular complexity index is 153. The number of rotatable bonds is 2. The predicted octanol–water partition coefficient (Wildman–Crippen LogP) is 2.11. The molecule has 0 bridgehead atoms. The minimum absolute atomic E-state index is 0.109. The van der Waals surface area contributed by atoms with Crippen molar-refractivity contribution >= 4 is 5.94 Å². The fourth-order valence-electron chi connectivity index (χ4n) is 0.380. The predicted molar refractivity (Wildman–Crippen MR) is 30.2 cm³/mol. The molecule has 0 heterocycles. The maximum atomic E-state index is 11.4. The third-order valence-electron chi connectivity index (χ3n) is 0.958. The molecule has 0 aliphatic carbocycles. The van der Waals surface area contributed by atoms with E-state index in [1.165, 1.54) is 12.9 Å². The molecule has 4 heteroatoms. The Balaban J connectivity index is 3.66. The number of alkyl halides is 3. The largest absolute Gasteiger partial charge is 0.389 e. The molecule has 0 unspecified atom stereocenters. The summed E-state index contributed by atoms with van der Waals surface area (Å²) < 4.78 is 34.2. The van der Waals surface area contributed by atoms with Crippen molar-refractivity contribution in [2.45, 2.75) is 25.9 Å². The lowest BCUT2D eigenvalue weighted by atomic mass is 10.2. The number of hydrogen-bond acceptors (Lipinski definition) is 1. The highest BCUT2D eigenvalue weighted by Gasteiger charge is 2.26. The number of allylic oxidation sites excluding steroid dienone is 1. The van der Waals surface area contributed by atoms with E-state index in [2.05, 4.69) is 0 Å². The van der Waals surface area contributed by atoms with Crippen molar-refractivity contribution in [3.05, 3.63) is 5.57 Å². The Morgan fingerprint density at radius 3 is 2.30 bits per heavy atom. The van der Waals surface area contributed by atoms with Gasteiger partial charge in [0.05, 0.1) is 0 Å². The van der Waals surface area contributed by atoms with Gasteiger partial charge < -0.3 is 0 Å². The first-order chi connectivity index (χ1) is 4.45. The molecule has 0 aliphatic heterocycles. The van der Waals surface area contributed by atoms with Crippen LogP contribution in [-0.4, -0.2) is 12.1 Å². The molecule has 0 aromatic rings. The van der Waals surface area contributed by atoms with E-state index in [9.17, 15) is 18.0 Å². The van der Waals surface area contributed by atoms with E-state index in [1.54, 1.807) is 0 Å². The summed E-state index contributed by atoms with van der Waals surface area (Å²) in [5, 5.41) is 0. The molecule has 0 N–H and O–H groups in total. The molecule has 0 spiro atoms. The molecule has 0 atom stereocenters. The topological polar surface area (TPSA) is 17.1 Å². The van der Waals surface area contributed by atoms with E-state index < -0.39 is 12.6 Å².